The molecule has 0 amide bonds. The topological polar surface area (TPSA) is 0 Å². The smallest absolute Gasteiger partial charge is 0.0203 e. The van der Waals surface area contributed by atoms with E-state index in [1.54, 1.807) is 0 Å². The van der Waals surface area contributed by atoms with Gasteiger partial charge >= 0.3 is 0 Å². The van der Waals surface area contributed by atoms with Gasteiger partial charge < -0.3 is 0 Å². The highest BCUT2D eigenvalue weighted by Crippen LogP contribution is 2.35. The predicted octanol–water partition coefficient (Wildman–Crippen LogP) is 8.05. The zero-order chi connectivity index (χ0) is 17.8. The first-order chi connectivity index (χ1) is 10.9. The van der Waals surface area contributed by atoms with Crippen molar-refractivity contribution >= 4 is 0 Å². The number of hydrogen-bond acceptors (Lipinski definition) is 0. The van der Waals surface area contributed by atoms with Gasteiger partial charge in [-0.1, -0.05) is 85.1 Å². The van der Waals surface area contributed by atoms with Crippen LogP contribution in [0.1, 0.15) is 93.4 Å². The lowest BCUT2D eigenvalue weighted by molar-refractivity contribution is 0.246. The zero-order valence-electron chi connectivity index (χ0n) is 17.2. The first-order valence-corrected chi connectivity index (χ1v) is 10.2. The third-order valence-electron chi connectivity index (χ3n) is 5.68. The summed E-state index contributed by atoms with van der Waals surface area (Å²) in [6, 6.07) is 0. The minimum atomic E-state index is 0.619. The largest absolute Gasteiger partial charge is 0.0993 e. The lowest BCUT2D eigenvalue weighted by atomic mass is 9.75. The van der Waals surface area contributed by atoms with Crippen molar-refractivity contribution in [2.45, 2.75) is 93.4 Å². The highest BCUT2D eigenvalue weighted by Gasteiger charge is 2.23. The molecule has 0 heterocycles. The van der Waals surface area contributed by atoms with Crippen LogP contribution in [-0.4, -0.2) is 0 Å². The van der Waals surface area contributed by atoms with Crippen LogP contribution in [0.25, 0.3) is 0 Å². The molecular weight excluding hydrogens is 276 g/mol. The van der Waals surface area contributed by atoms with Crippen molar-refractivity contribution in [3.63, 3.8) is 0 Å². The Bertz CT molecular complexity index is 323. The second-order valence-electron chi connectivity index (χ2n) is 8.03. The average molecular weight is 321 g/mol. The number of unbranched alkanes of at least 4 members (excludes halogenated alkanes) is 1. The van der Waals surface area contributed by atoms with Gasteiger partial charge in [0.1, 0.15) is 0 Å². The highest BCUT2D eigenvalue weighted by atomic mass is 14.3. The van der Waals surface area contributed by atoms with Crippen LogP contribution in [0.15, 0.2) is 24.3 Å². The van der Waals surface area contributed by atoms with Gasteiger partial charge in [-0.25, -0.2) is 0 Å². The van der Waals surface area contributed by atoms with Gasteiger partial charge in [0.25, 0.3) is 0 Å². The highest BCUT2D eigenvalue weighted by molar-refractivity contribution is 5.03. The van der Waals surface area contributed by atoms with E-state index in [1.165, 1.54) is 50.5 Å². The normalized spacial score (nSPS) is 17.4. The van der Waals surface area contributed by atoms with E-state index in [9.17, 15) is 0 Å². The van der Waals surface area contributed by atoms with Crippen molar-refractivity contribution in [3.05, 3.63) is 24.3 Å². The Labute approximate surface area is 147 Å². The first-order valence-electron chi connectivity index (χ1n) is 10.2. The molecule has 0 aliphatic rings. The lowest BCUT2D eigenvalue weighted by Crippen LogP contribution is -2.19. The van der Waals surface area contributed by atoms with Crippen molar-refractivity contribution in [1.29, 1.82) is 0 Å². The summed E-state index contributed by atoms with van der Waals surface area (Å²) in [5.74, 6) is 3.75. The summed E-state index contributed by atoms with van der Waals surface area (Å²) in [4.78, 5) is 0. The summed E-state index contributed by atoms with van der Waals surface area (Å²) in [5.41, 5.74) is 1.47. The van der Waals surface area contributed by atoms with Crippen LogP contribution in [0, 0.1) is 29.6 Å². The van der Waals surface area contributed by atoms with Gasteiger partial charge in [-0.3, -0.25) is 0 Å². The third kappa shape index (κ3) is 9.38. The molecule has 0 rings (SSSR count). The van der Waals surface area contributed by atoms with E-state index in [1.807, 2.05) is 0 Å². The molecular formula is C23H44. The third-order valence-corrected chi connectivity index (χ3v) is 5.68. The van der Waals surface area contributed by atoms with E-state index in [0.29, 0.717) is 17.8 Å². The quantitative estimate of drug-likeness (QED) is 0.301. The van der Waals surface area contributed by atoms with Crippen molar-refractivity contribution in [3.8, 4) is 0 Å². The minimum absolute atomic E-state index is 0.619. The van der Waals surface area contributed by atoms with Crippen LogP contribution < -0.4 is 0 Å². The minimum Gasteiger partial charge on any atom is -0.0993 e. The molecule has 0 heteroatoms. The van der Waals surface area contributed by atoms with Crippen LogP contribution in [0.5, 0.6) is 0 Å². The van der Waals surface area contributed by atoms with Crippen molar-refractivity contribution in [2.24, 2.45) is 29.6 Å². The Morgan fingerprint density at radius 1 is 1.00 bits per heavy atom. The molecule has 0 spiro atoms. The fourth-order valence-electron chi connectivity index (χ4n) is 3.72. The molecule has 0 N–H and O–H groups in total. The zero-order valence-corrected chi connectivity index (χ0v) is 17.2. The van der Waals surface area contributed by atoms with Gasteiger partial charge in [0, 0.05) is 0 Å². The standard InChI is InChI=1S/C23H44/c1-9-12-14-20(7)23(16-15-19(6)13-10-2)17-22(11-3)21(8)18(4)5/h10,13,18-20,22-23H,8-9,11-12,14-17H2,1-7H3. The molecule has 0 aromatic heterocycles. The fourth-order valence-corrected chi connectivity index (χ4v) is 3.72. The van der Waals surface area contributed by atoms with Crippen molar-refractivity contribution in [2.75, 3.05) is 0 Å². The summed E-state index contributed by atoms with van der Waals surface area (Å²) in [7, 11) is 0. The molecule has 0 saturated carbocycles. The molecule has 4 unspecified atom stereocenters. The predicted molar refractivity (Wildman–Crippen MR) is 108 cm³/mol. The lowest BCUT2D eigenvalue weighted by Gasteiger charge is -2.31. The summed E-state index contributed by atoms with van der Waals surface area (Å²) < 4.78 is 0. The maximum Gasteiger partial charge on any atom is -0.0203 e. The fraction of sp³-hybridized carbons (Fsp3) is 0.826. The first kappa shape index (κ1) is 22.5. The van der Waals surface area contributed by atoms with Crippen molar-refractivity contribution in [1.82, 2.24) is 0 Å². The van der Waals surface area contributed by atoms with Gasteiger partial charge in [-0.2, -0.15) is 0 Å². The Balaban J connectivity index is 4.83. The molecule has 0 bridgehead atoms. The van der Waals surface area contributed by atoms with Crippen LogP contribution >= 0.6 is 0 Å². The van der Waals surface area contributed by atoms with Crippen LogP contribution in [-0.2, 0) is 0 Å². The van der Waals surface area contributed by atoms with Crippen molar-refractivity contribution < 1.29 is 0 Å². The Morgan fingerprint density at radius 3 is 2.13 bits per heavy atom. The molecule has 0 aliphatic heterocycles. The summed E-state index contributed by atoms with van der Waals surface area (Å²) in [5, 5.41) is 0. The second kappa shape index (κ2) is 12.8. The molecule has 0 radical (unpaired) electrons. The number of allylic oxidation sites excluding steroid dienone is 3. The Kier molecular flexibility index (Phi) is 12.6. The molecule has 136 valence electrons. The summed E-state index contributed by atoms with van der Waals surface area (Å²) in [6.07, 6.45) is 14.0. The molecule has 0 fully saturated rings. The number of hydrogen-bond donors (Lipinski definition) is 0. The molecule has 4 atom stereocenters. The van der Waals surface area contributed by atoms with Gasteiger partial charge in [-0.15, -0.1) is 0 Å². The maximum absolute atomic E-state index is 4.41. The molecule has 0 saturated heterocycles. The summed E-state index contributed by atoms with van der Waals surface area (Å²) >= 11 is 0. The monoisotopic (exact) mass is 320 g/mol. The van der Waals surface area contributed by atoms with E-state index in [-0.39, 0.29) is 0 Å². The second-order valence-corrected chi connectivity index (χ2v) is 8.03. The molecule has 0 nitrogen and oxygen atoms in total. The van der Waals surface area contributed by atoms with Crippen LogP contribution in [0.3, 0.4) is 0 Å². The van der Waals surface area contributed by atoms with Gasteiger partial charge in [-0.05, 0) is 62.2 Å². The molecule has 23 heavy (non-hydrogen) atoms. The van der Waals surface area contributed by atoms with E-state index in [0.717, 1.165) is 11.8 Å². The van der Waals surface area contributed by atoms with E-state index in [2.05, 4.69) is 67.2 Å². The van der Waals surface area contributed by atoms with E-state index < -0.39 is 0 Å². The molecule has 0 aliphatic carbocycles. The molecule has 0 aromatic rings. The summed E-state index contributed by atoms with van der Waals surface area (Å²) in [6.45, 7) is 20.7. The average Bonchev–Trinajstić information content (AvgIpc) is 2.52. The van der Waals surface area contributed by atoms with E-state index in [4.69, 9.17) is 0 Å². The van der Waals surface area contributed by atoms with Gasteiger partial charge in [0.15, 0.2) is 0 Å². The Morgan fingerprint density at radius 2 is 1.65 bits per heavy atom. The Hall–Kier alpha value is -0.520. The van der Waals surface area contributed by atoms with Crippen LogP contribution in [0.2, 0.25) is 0 Å². The SMILES string of the molecule is C=C(C(C)C)C(CC)CC(CCC(C)C=CC)C(C)CCCC. The molecule has 0 aromatic carbocycles. The number of rotatable bonds is 13. The van der Waals surface area contributed by atoms with E-state index >= 15 is 0 Å². The van der Waals surface area contributed by atoms with Gasteiger partial charge in [0.2, 0.25) is 0 Å². The van der Waals surface area contributed by atoms with Crippen LogP contribution in [0.4, 0.5) is 0 Å². The maximum atomic E-state index is 4.41. The van der Waals surface area contributed by atoms with Gasteiger partial charge in [0.05, 0.1) is 0 Å².